The zero-order valence-electron chi connectivity index (χ0n) is 7.05. The molecule has 0 amide bonds. The molecular weight excluding hydrogens is 134 g/mol. The summed E-state index contributed by atoms with van der Waals surface area (Å²) >= 11 is 0. The second kappa shape index (κ2) is 23.8. The first kappa shape index (κ1) is 16.2. The highest BCUT2D eigenvalue weighted by Gasteiger charge is 1.87. The average Bonchev–Trinajstić information content (AvgIpc) is 2.10. The first-order valence-corrected chi connectivity index (χ1v) is 3.14. The molecule has 0 aromatic rings. The number of methoxy groups -OCH3 is 1. The van der Waals surface area contributed by atoms with Crippen LogP contribution < -0.4 is 5.90 Å². The smallest absolute Gasteiger partial charge is 0.305 e. The molecule has 4 nitrogen and oxygen atoms in total. The Kier molecular flexibility index (Phi) is 38.5. The van der Waals surface area contributed by atoms with Gasteiger partial charge in [-0.1, -0.05) is 20.8 Å². The van der Waals surface area contributed by atoms with Crippen molar-refractivity contribution >= 4 is 5.97 Å². The van der Waals surface area contributed by atoms with Crippen molar-refractivity contribution in [2.75, 3.05) is 7.11 Å². The SMILES string of the molecule is CC.CCC(=O)OC.NO. The lowest BCUT2D eigenvalue weighted by atomic mass is 10.5. The molecule has 0 heterocycles. The van der Waals surface area contributed by atoms with E-state index in [0.29, 0.717) is 6.42 Å². The van der Waals surface area contributed by atoms with Gasteiger partial charge in [0.15, 0.2) is 0 Å². The van der Waals surface area contributed by atoms with E-state index in [9.17, 15) is 4.79 Å². The third-order valence-electron chi connectivity index (χ3n) is 0.516. The second-order valence-electron chi connectivity index (χ2n) is 0.930. The van der Waals surface area contributed by atoms with Crippen LogP contribution in [0.5, 0.6) is 0 Å². The highest BCUT2D eigenvalue weighted by molar-refractivity contribution is 5.68. The summed E-state index contributed by atoms with van der Waals surface area (Å²) < 4.78 is 4.26. The zero-order chi connectivity index (χ0) is 8.99. The highest BCUT2D eigenvalue weighted by Crippen LogP contribution is 1.76. The van der Waals surface area contributed by atoms with Crippen molar-refractivity contribution in [2.24, 2.45) is 5.90 Å². The summed E-state index contributed by atoms with van der Waals surface area (Å²) in [5.74, 6) is 3.34. The van der Waals surface area contributed by atoms with E-state index in [0.717, 1.165) is 0 Å². The van der Waals surface area contributed by atoms with Gasteiger partial charge in [0.2, 0.25) is 0 Å². The van der Waals surface area contributed by atoms with Gasteiger partial charge >= 0.3 is 5.97 Å². The largest absolute Gasteiger partial charge is 0.469 e. The minimum absolute atomic E-state index is 0.157. The Morgan fingerprint density at radius 3 is 1.80 bits per heavy atom. The van der Waals surface area contributed by atoms with E-state index in [-0.39, 0.29) is 5.97 Å². The fourth-order valence-electron chi connectivity index (χ4n) is 0.144. The lowest BCUT2D eigenvalue weighted by Crippen LogP contribution is -1.94. The Balaban J connectivity index is -0.000000105. The fraction of sp³-hybridized carbons (Fsp3) is 0.833. The lowest BCUT2D eigenvalue weighted by molar-refractivity contribution is -0.140. The zero-order valence-corrected chi connectivity index (χ0v) is 7.05. The van der Waals surface area contributed by atoms with Crippen LogP contribution in [0.4, 0.5) is 0 Å². The van der Waals surface area contributed by atoms with Crippen LogP contribution >= 0.6 is 0 Å². The molecule has 0 bridgehead atoms. The van der Waals surface area contributed by atoms with Crippen molar-refractivity contribution < 1.29 is 14.7 Å². The standard InChI is InChI=1S/C4H8O2.C2H6.H3NO/c1-3-4(5)6-2;2*1-2/h3H2,1-2H3;1-2H3;2H,1H2. The number of hydrogen-bond donors (Lipinski definition) is 2. The fourth-order valence-corrected chi connectivity index (χ4v) is 0.144. The number of rotatable bonds is 1. The van der Waals surface area contributed by atoms with Crippen LogP contribution in [0, 0.1) is 0 Å². The van der Waals surface area contributed by atoms with Crippen molar-refractivity contribution in [3.8, 4) is 0 Å². The molecule has 10 heavy (non-hydrogen) atoms. The average molecular weight is 151 g/mol. The molecule has 4 heteroatoms. The molecule has 64 valence electrons. The molecule has 0 saturated carbocycles. The predicted octanol–water partition coefficient (Wildman–Crippen LogP) is 0.930. The molecule has 3 N–H and O–H groups in total. The number of nitrogens with two attached hydrogens (primary N) is 1. The first-order valence-electron chi connectivity index (χ1n) is 3.14. The molecule has 0 rings (SSSR count). The van der Waals surface area contributed by atoms with E-state index in [1.807, 2.05) is 13.8 Å². The molecule has 0 fully saturated rings. The maximum Gasteiger partial charge on any atom is 0.305 e. The van der Waals surface area contributed by atoms with Gasteiger partial charge in [-0.05, 0) is 0 Å². The molecule has 0 radical (unpaired) electrons. The first-order chi connectivity index (χ1) is 4.81. The van der Waals surface area contributed by atoms with Crippen molar-refractivity contribution in [1.82, 2.24) is 0 Å². The minimum atomic E-state index is -0.157. The summed E-state index contributed by atoms with van der Waals surface area (Å²) in [6.45, 7) is 5.76. The lowest BCUT2D eigenvalue weighted by Gasteiger charge is -1.87. The van der Waals surface area contributed by atoms with Crippen LogP contribution in [0.2, 0.25) is 0 Å². The van der Waals surface area contributed by atoms with Crippen LogP contribution in [0.15, 0.2) is 0 Å². The van der Waals surface area contributed by atoms with Crippen molar-refractivity contribution in [3.63, 3.8) is 0 Å². The molecule has 0 spiro atoms. The van der Waals surface area contributed by atoms with Gasteiger partial charge in [-0.15, -0.1) is 0 Å². The predicted molar refractivity (Wildman–Crippen MR) is 39.6 cm³/mol. The number of hydrogen-bond acceptors (Lipinski definition) is 4. The molecular formula is C6H17NO3. The Hall–Kier alpha value is -0.610. The number of esters is 1. The number of ether oxygens (including phenoxy) is 1. The summed E-state index contributed by atoms with van der Waals surface area (Å²) in [5.41, 5.74) is 0. The molecule has 0 atom stereocenters. The molecule has 0 aromatic heterocycles. The van der Waals surface area contributed by atoms with Crippen molar-refractivity contribution in [1.29, 1.82) is 0 Å². The minimum Gasteiger partial charge on any atom is -0.469 e. The van der Waals surface area contributed by atoms with Gasteiger partial charge in [0.05, 0.1) is 7.11 Å². The summed E-state index contributed by atoms with van der Waals surface area (Å²) in [6, 6.07) is 0. The van der Waals surface area contributed by atoms with Gasteiger partial charge in [0.1, 0.15) is 0 Å². The molecule has 0 aliphatic carbocycles. The van der Waals surface area contributed by atoms with Crippen molar-refractivity contribution in [2.45, 2.75) is 27.2 Å². The van der Waals surface area contributed by atoms with Gasteiger partial charge in [-0.2, -0.15) is 0 Å². The van der Waals surface area contributed by atoms with Crippen LogP contribution in [0.3, 0.4) is 0 Å². The van der Waals surface area contributed by atoms with Gasteiger partial charge in [0.25, 0.3) is 0 Å². The number of carbonyl (C=O) groups excluding carboxylic acids is 1. The quantitative estimate of drug-likeness (QED) is 0.432. The van der Waals surface area contributed by atoms with E-state index in [1.165, 1.54) is 7.11 Å². The van der Waals surface area contributed by atoms with Crippen LogP contribution in [0.1, 0.15) is 27.2 Å². The molecule has 0 aliphatic heterocycles. The van der Waals surface area contributed by atoms with E-state index < -0.39 is 0 Å². The van der Waals surface area contributed by atoms with Crippen molar-refractivity contribution in [3.05, 3.63) is 0 Å². The van der Waals surface area contributed by atoms with Gasteiger partial charge < -0.3 is 9.94 Å². The second-order valence-corrected chi connectivity index (χ2v) is 0.930. The molecule has 0 unspecified atom stereocenters. The van der Waals surface area contributed by atoms with Crippen LogP contribution in [0.25, 0.3) is 0 Å². The Bertz CT molecular complexity index is 51.0. The summed E-state index contributed by atoms with van der Waals surface area (Å²) in [7, 11) is 1.38. The monoisotopic (exact) mass is 151 g/mol. The maximum absolute atomic E-state index is 9.96. The van der Waals surface area contributed by atoms with Gasteiger partial charge in [-0.3, -0.25) is 4.79 Å². The number of carbonyl (C=O) groups is 1. The normalized spacial score (nSPS) is 5.80. The Labute approximate surface area is 61.9 Å². The summed E-state index contributed by atoms with van der Waals surface area (Å²) in [5, 5.41) is 6.50. The summed E-state index contributed by atoms with van der Waals surface area (Å²) in [6.07, 6.45) is 0.469. The van der Waals surface area contributed by atoms with E-state index in [1.54, 1.807) is 6.92 Å². The Morgan fingerprint density at radius 1 is 1.50 bits per heavy atom. The van der Waals surface area contributed by atoms with E-state index in [2.05, 4.69) is 10.6 Å². The third-order valence-corrected chi connectivity index (χ3v) is 0.516. The molecule has 0 saturated heterocycles. The topological polar surface area (TPSA) is 72.5 Å². The van der Waals surface area contributed by atoms with Gasteiger partial charge in [-0.25, -0.2) is 5.90 Å². The highest BCUT2D eigenvalue weighted by atomic mass is 16.5. The van der Waals surface area contributed by atoms with Crippen LogP contribution in [-0.4, -0.2) is 18.3 Å². The maximum atomic E-state index is 9.96. The Morgan fingerprint density at radius 2 is 1.80 bits per heavy atom. The van der Waals surface area contributed by atoms with E-state index in [4.69, 9.17) is 5.21 Å². The van der Waals surface area contributed by atoms with Crippen LogP contribution in [-0.2, 0) is 9.53 Å². The molecule has 0 aliphatic rings. The third kappa shape index (κ3) is 26.3. The summed E-state index contributed by atoms with van der Waals surface area (Å²) in [4.78, 5) is 9.96. The van der Waals surface area contributed by atoms with E-state index >= 15 is 0 Å². The van der Waals surface area contributed by atoms with Gasteiger partial charge in [0, 0.05) is 6.42 Å². The molecule has 0 aromatic carbocycles.